The number of ether oxygens (including phenoxy) is 1. The van der Waals surface area contributed by atoms with Crippen molar-refractivity contribution in [3.8, 4) is 0 Å². The number of hydrogen-bond acceptors (Lipinski definition) is 4. The highest BCUT2D eigenvalue weighted by molar-refractivity contribution is 5.87. The minimum absolute atomic E-state index is 0.292. The van der Waals surface area contributed by atoms with Crippen LogP contribution in [-0.2, 0) is 11.3 Å². The lowest BCUT2D eigenvalue weighted by molar-refractivity contribution is 0.0594. The molecule has 1 aromatic rings. The molecule has 4 heteroatoms. The Morgan fingerprint density at radius 1 is 1.75 bits per heavy atom. The van der Waals surface area contributed by atoms with E-state index in [-0.39, 0.29) is 0 Å². The van der Waals surface area contributed by atoms with Gasteiger partial charge in [0.15, 0.2) is 0 Å². The van der Waals surface area contributed by atoms with Crippen LogP contribution in [0.5, 0.6) is 0 Å². The van der Waals surface area contributed by atoms with Gasteiger partial charge in [0.05, 0.1) is 7.11 Å². The van der Waals surface area contributed by atoms with Crippen molar-refractivity contribution in [1.29, 1.82) is 0 Å². The van der Waals surface area contributed by atoms with E-state index in [9.17, 15) is 4.79 Å². The summed E-state index contributed by atoms with van der Waals surface area (Å²) < 4.78 is 4.49. The zero-order valence-corrected chi connectivity index (χ0v) is 6.78. The lowest BCUT2D eigenvalue weighted by Crippen LogP contribution is -2.06. The fourth-order valence-electron chi connectivity index (χ4n) is 0.817. The van der Waals surface area contributed by atoms with Crippen molar-refractivity contribution in [2.45, 2.75) is 6.54 Å². The molecule has 1 rings (SSSR count). The first kappa shape index (κ1) is 8.67. The molecule has 0 amide bonds. The van der Waals surface area contributed by atoms with Gasteiger partial charge in [0.25, 0.3) is 0 Å². The Hall–Kier alpha value is -1.42. The summed E-state index contributed by atoms with van der Waals surface area (Å²) in [7, 11) is 1.32. The normalized spacial score (nSPS) is 9.50. The average molecular weight is 166 g/mol. The maximum atomic E-state index is 11.0. The summed E-state index contributed by atoms with van der Waals surface area (Å²) in [6, 6.07) is 3.37. The number of esters is 1. The van der Waals surface area contributed by atoms with E-state index in [4.69, 9.17) is 5.73 Å². The van der Waals surface area contributed by atoms with Gasteiger partial charge in [0.1, 0.15) is 5.69 Å². The summed E-state index contributed by atoms with van der Waals surface area (Å²) >= 11 is 0. The first-order chi connectivity index (χ1) is 5.77. The number of hydrogen-bond donors (Lipinski definition) is 1. The molecular formula is C8H10N2O2. The number of carbonyl (C=O) groups excluding carboxylic acids is 1. The van der Waals surface area contributed by atoms with Crippen molar-refractivity contribution >= 4 is 5.97 Å². The Morgan fingerprint density at radius 2 is 2.50 bits per heavy atom. The van der Waals surface area contributed by atoms with Gasteiger partial charge in [-0.2, -0.15) is 0 Å². The van der Waals surface area contributed by atoms with Gasteiger partial charge < -0.3 is 10.5 Å². The van der Waals surface area contributed by atoms with Crippen LogP contribution in [-0.4, -0.2) is 18.1 Å². The second kappa shape index (κ2) is 3.82. The molecule has 12 heavy (non-hydrogen) atoms. The quantitative estimate of drug-likeness (QED) is 0.643. The number of carbonyl (C=O) groups is 1. The lowest BCUT2D eigenvalue weighted by Gasteiger charge is -1.99. The highest BCUT2D eigenvalue weighted by atomic mass is 16.5. The SMILES string of the molecule is COC(=O)c1cc(CN)ccn1. The Morgan fingerprint density at radius 3 is 3.08 bits per heavy atom. The second-order valence-corrected chi connectivity index (χ2v) is 2.25. The highest BCUT2D eigenvalue weighted by Gasteiger charge is 2.05. The molecule has 0 aromatic carbocycles. The smallest absolute Gasteiger partial charge is 0.356 e. The van der Waals surface area contributed by atoms with Crippen LogP contribution in [0.4, 0.5) is 0 Å². The molecule has 1 aromatic heterocycles. The van der Waals surface area contributed by atoms with Crippen molar-refractivity contribution in [1.82, 2.24) is 4.98 Å². The van der Waals surface area contributed by atoms with Crippen molar-refractivity contribution in [3.05, 3.63) is 29.6 Å². The number of methoxy groups -OCH3 is 1. The molecule has 64 valence electrons. The highest BCUT2D eigenvalue weighted by Crippen LogP contribution is 2.01. The summed E-state index contributed by atoms with van der Waals surface area (Å²) in [5, 5.41) is 0. The van der Waals surface area contributed by atoms with Crippen LogP contribution in [0.15, 0.2) is 18.3 Å². The molecule has 1 heterocycles. The van der Waals surface area contributed by atoms with Gasteiger partial charge >= 0.3 is 5.97 Å². The van der Waals surface area contributed by atoms with Crippen LogP contribution >= 0.6 is 0 Å². The van der Waals surface area contributed by atoms with Crippen molar-refractivity contribution in [2.24, 2.45) is 5.73 Å². The molecule has 0 saturated heterocycles. The van der Waals surface area contributed by atoms with Gasteiger partial charge in [0, 0.05) is 12.7 Å². The third-order valence-corrected chi connectivity index (χ3v) is 1.45. The van der Waals surface area contributed by atoms with Gasteiger partial charge in [-0.3, -0.25) is 0 Å². The largest absolute Gasteiger partial charge is 0.464 e. The first-order valence-corrected chi connectivity index (χ1v) is 3.51. The van der Waals surface area contributed by atoms with E-state index in [0.29, 0.717) is 12.2 Å². The third kappa shape index (κ3) is 1.79. The summed E-state index contributed by atoms with van der Waals surface area (Å²) in [5.41, 5.74) is 6.54. The maximum absolute atomic E-state index is 11.0. The first-order valence-electron chi connectivity index (χ1n) is 3.51. The standard InChI is InChI=1S/C8H10N2O2/c1-12-8(11)7-4-6(5-9)2-3-10-7/h2-4H,5,9H2,1H3. The predicted octanol–water partition coefficient (Wildman–Crippen LogP) is 0.327. The Kier molecular flexibility index (Phi) is 2.76. The van der Waals surface area contributed by atoms with Gasteiger partial charge in [-0.1, -0.05) is 0 Å². The fraction of sp³-hybridized carbons (Fsp3) is 0.250. The second-order valence-electron chi connectivity index (χ2n) is 2.25. The van der Waals surface area contributed by atoms with Crippen molar-refractivity contribution < 1.29 is 9.53 Å². The number of rotatable bonds is 2. The van der Waals surface area contributed by atoms with Crippen LogP contribution in [0.25, 0.3) is 0 Å². The van der Waals surface area contributed by atoms with E-state index in [1.165, 1.54) is 13.3 Å². The van der Waals surface area contributed by atoms with Crippen molar-refractivity contribution in [2.75, 3.05) is 7.11 Å². The molecule has 4 nitrogen and oxygen atoms in total. The number of nitrogens with two attached hydrogens (primary N) is 1. The van der Waals surface area contributed by atoms with Crippen LogP contribution in [0.1, 0.15) is 16.1 Å². The minimum atomic E-state index is -0.440. The van der Waals surface area contributed by atoms with Crippen LogP contribution < -0.4 is 5.73 Å². The topological polar surface area (TPSA) is 65.2 Å². The molecule has 0 unspecified atom stereocenters. The monoisotopic (exact) mass is 166 g/mol. The summed E-state index contributed by atoms with van der Waals surface area (Å²) in [5.74, 6) is -0.440. The zero-order chi connectivity index (χ0) is 8.97. The van der Waals surface area contributed by atoms with Crippen LogP contribution in [0.2, 0.25) is 0 Å². The molecule has 0 aliphatic heterocycles. The van der Waals surface area contributed by atoms with E-state index < -0.39 is 5.97 Å². The Bertz CT molecular complexity index is 286. The summed E-state index contributed by atoms with van der Waals surface area (Å²) in [6.07, 6.45) is 1.54. The van der Waals surface area contributed by atoms with Gasteiger partial charge in [-0.15, -0.1) is 0 Å². The Balaban J connectivity index is 2.93. The number of aromatic nitrogens is 1. The molecule has 2 N–H and O–H groups in total. The summed E-state index contributed by atoms with van der Waals surface area (Å²) in [4.78, 5) is 14.8. The van der Waals surface area contributed by atoms with Gasteiger partial charge in [-0.25, -0.2) is 9.78 Å². The van der Waals surface area contributed by atoms with Gasteiger partial charge in [-0.05, 0) is 17.7 Å². The van der Waals surface area contributed by atoms with E-state index in [2.05, 4.69) is 9.72 Å². The predicted molar refractivity (Wildman–Crippen MR) is 43.5 cm³/mol. The zero-order valence-electron chi connectivity index (χ0n) is 6.78. The molecule has 0 bridgehead atoms. The Labute approximate surface area is 70.4 Å². The molecular weight excluding hydrogens is 156 g/mol. The van der Waals surface area contributed by atoms with Crippen LogP contribution in [0, 0.1) is 0 Å². The van der Waals surface area contributed by atoms with Gasteiger partial charge in [0.2, 0.25) is 0 Å². The van der Waals surface area contributed by atoms with E-state index in [1.54, 1.807) is 12.1 Å². The average Bonchev–Trinajstić information content (AvgIpc) is 2.17. The fourth-order valence-corrected chi connectivity index (χ4v) is 0.817. The van der Waals surface area contributed by atoms with E-state index in [0.717, 1.165) is 5.56 Å². The minimum Gasteiger partial charge on any atom is -0.464 e. The maximum Gasteiger partial charge on any atom is 0.356 e. The summed E-state index contributed by atoms with van der Waals surface area (Å²) in [6.45, 7) is 0.395. The molecule has 0 fully saturated rings. The van der Waals surface area contributed by atoms with E-state index >= 15 is 0 Å². The van der Waals surface area contributed by atoms with E-state index in [1.807, 2.05) is 0 Å². The van der Waals surface area contributed by atoms with Crippen LogP contribution in [0.3, 0.4) is 0 Å². The number of nitrogens with zero attached hydrogens (tertiary/aromatic N) is 1. The molecule has 0 atom stereocenters. The third-order valence-electron chi connectivity index (χ3n) is 1.45. The number of pyridine rings is 1. The molecule has 0 aliphatic carbocycles. The van der Waals surface area contributed by atoms with Crippen molar-refractivity contribution in [3.63, 3.8) is 0 Å². The molecule has 0 radical (unpaired) electrons. The lowest BCUT2D eigenvalue weighted by atomic mass is 10.2. The molecule has 0 aliphatic rings. The molecule has 0 spiro atoms. The molecule has 0 saturated carbocycles.